The third-order valence-electron chi connectivity index (χ3n) is 5.31. The molecule has 0 radical (unpaired) electrons. The fourth-order valence-electron chi connectivity index (χ4n) is 3.84. The van der Waals surface area contributed by atoms with Gasteiger partial charge in [0.2, 0.25) is 0 Å². The highest BCUT2D eigenvalue weighted by molar-refractivity contribution is 6.00. The van der Waals surface area contributed by atoms with Gasteiger partial charge < -0.3 is 19.4 Å². The van der Waals surface area contributed by atoms with Gasteiger partial charge in [-0.1, -0.05) is 24.8 Å². The molecule has 1 amide bonds. The first-order chi connectivity index (χ1) is 14.8. The van der Waals surface area contributed by atoms with Crippen LogP contribution in [0.2, 0.25) is 0 Å². The summed E-state index contributed by atoms with van der Waals surface area (Å²) in [6.45, 7) is 5.93. The third kappa shape index (κ3) is 4.54. The Labute approximate surface area is 176 Å². The van der Waals surface area contributed by atoms with Crippen LogP contribution in [-0.2, 0) is 17.8 Å². The van der Waals surface area contributed by atoms with E-state index in [1.54, 1.807) is 12.3 Å². The first kappa shape index (κ1) is 20.2. The van der Waals surface area contributed by atoms with E-state index in [1.807, 2.05) is 42.5 Å². The molecule has 0 bridgehead atoms. The molecule has 1 aromatic carbocycles. The molecule has 3 aromatic rings. The van der Waals surface area contributed by atoms with Crippen molar-refractivity contribution in [3.05, 3.63) is 72.7 Å². The summed E-state index contributed by atoms with van der Waals surface area (Å²) in [5.41, 5.74) is 2.39. The van der Waals surface area contributed by atoms with Crippen molar-refractivity contribution in [3.8, 4) is 5.75 Å². The molecule has 1 aliphatic rings. The second-order valence-electron chi connectivity index (χ2n) is 7.42. The molecule has 6 nitrogen and oxygen atoms in total. The molecule has 2 aromatic heterocycles. The Morgan fingerprint density at radius 1 is 1.30 bits per heavy atom. The number of rotatable bonds is 8. The summed E-state index contributed by atoms with van der Waals surface area (Å²) in [7, 11) is 0. The van der Waals surface area contributed by atoms with Gasteiger partial charge in [-0.2, -0.15) is 0 Å². The zero-order valence-corrected chi connectivity index (χ0v) is 17.0. The molecule has 1 fully saturated rings. The van der Waals surface area contributed by atoms with Gasteiger partial charge in [0.15, 0.2) is 0 Å². The van der Waals surface area contributed by atoms with Gasteiger partial charge in [0.1, 0.15) is 18.1 Å². The van der Waals surface area contributed by atoms with Crippen molar-refractivity contribution in [1.82, 2.24) is 14.9 Å². The van der Waals surface area contributed by atoms with E-state index in [0.717, 1.165) is 48.2 Å². The van der Waals surface area contributed by atoms with Crippen LogP contribution >= 0.6 is 0 Å². The van der Waals surface area contributed by atoms with E-state index < -0.39 is 0 Å². The molecule has 0 saturated carbocycles. The lowest BCUT2D eigenvalue weighted by Crippen LogP contribution is -2.29. The number of aromatic nitrogens is 2. The minimum atomic E-state index is -0.137. The van der Waals surface area contributed by atoms with Crippen LogP contribution in [0.5, 0.6) is 5.75 Å². The minimum Gasteiger partial charge on any atom is -0.489 e. The largest absolute Gasteiger partial charge is 0.489 e. The van der Waals surface area contributed by atoms with E-state index in [0.29, 0.717) is 25.4 Å². The Balaban J connectivity index is 1.65. The number of nitrogens with one attached hydrogen (secondary N) is 1. The lowest BCUT2D eigenvalue weighted by atomic mass is 10.1. The molecule has 156 valence electrons. The molecule has 0 aliphatic carbocycles. The highest BCUT2D eigenvalue weighted by Gasteiger charge is 2.22. The topological polar surface area (TPSA) is 65.4 Å². The smallest absolute Gasteiger partial charge is 0.268 e. The van der Waals surface area contributed by atoms with Gasteiger partial charge in [-0.15, -0.1) is 0 Å². The summed E-state index contributed by atoms with van der Waals surface area (Å²) in [4.78, 5) is 17.4. The second kappa shape index (κ2) is 9.59. The van der Waals surface area contributed by atoms with E-state index in [9.17, 15) is 4.79 Å². The van der Waals surface area contributed by atoms with Gasteiger partial charge in [-0.05, 0) is 49.6 Å². The molecular formula is C24H27N3O3. The Morgan fingerprint density at radius 2 is 2.23 bits per heavy atom. The van der Waals surface area contributed by atoms with Gasteiger partial charge in [-0.25, -0.2) is 0 Å². The van der Waals surface area contributed by atoms with Crippen LogP contribution in [0.15, 0.2) is 61.3 Å². The number of carbonyl (C=O) groups excluding carboxylic acids is 1. The highest BCUT2D eigenvalue weighted by atomic mass is 16.5. The molecule has 4 rings (SSSR count). The zero-order chi connectivity index (χ0) is 20.8. The number of ether oxygens (including phenoxy) is 2. The molecular weight excluding hydrogens is 378 g/mol. The molecule has 1 aliphatic heterocycles. The van der Waals surface area contributed by atoms with Crippen molar-refractivity contribution >= 4 is 16.8 Å². The van der Waals surface area contributed by atoms with Crippen molar-refractivity contribution in [2.24, 2.45) is 0 Å². The van der Waals surface area contributed by atoms with Gasteiger partial charge in [0.05, 0.1) is 23.9 Å². The van der Waals surface area contributed by atoms with Crippen LogP contribution in [0.3, 0.4) is 0 Å². The first-order valence-electron chi connectivity index (χ1n) is 10.4. The summed E-state index contributed by atoms with van der Waals surface area (Å²) in [6.07, 6.45) is 6.79. The molecule has 1 atom stereocenters. The Hall–Kier alpha value is -3.12. The molecule has 1 unspecified atom stereocenters. The standard InChI is InChI=1S/C24H27N3O3/c1-2-13-30-23-11-7-10-21-20(23)15-22(27(21)17-19-9-4-6-14-29-19)24(28)26-16-18-8-3-5-12-25-18/h2-3,5,7-8,10-12,15,19H,1,4,6,9,13-14,16-17H2,(H,26,28). The lowest BCUT2D eigenvalue weighted by molar-refractivity contribution is 0.00637. The second-order valence-corrected chi connectivity index (χ2v) is 7.42. The fourth-order valence-corrected chi connectivity index (χ4v) is 3.84. The Kier molecular flexibility index (Phi) is 6.44. The number of benzene rings is 1. The van der Waals surface area contributed by atoms with Gasteiger partial charge in [0.25, 0.3) is 5.91 Å². The predicted octanol–water partition coefficient (Wildman–Crippen LogP) is 4.10. The number of pyridine rings is 1. The SMILES string of the molecule is C=CCOc1cccc2c1cc(C(=O)NCc1ccccn1)n2CC1CCCCO1. The lowest BCUT2D eigenvalue weighted by Gasteiger charge is -2.24. The number of nitrogens with zero attached hydrogens (tertiary/aromatic N) is 2. The maximum absolute atomic E-state index is 13.1. The van der Waals surface area contributed by atoms with Crippen molar-refractivity contribution < 1.29 is 14.3 Å². The predicted molar refractivity (Wildman–Crippen MR) is 117 cm³/mol. The first-order valence-corrected chi connectivity index (χ1v) is 10.4. The van der Waals surface area contributed by atoms with E-state index in [-0.39, 0.29) is 12.0 Å². The Bertz CT molecular complexity index is 1010. The maximum Gasteiger partial charge on any atom is 0.268 e. The summed E-state index contributed by atoms with van der Waals surface area (Å²) in [5.74, 6) is 0.608. The number of amides is 1. The monoisotopic (exact) mass is 405 g/mol. The van der Waals surface area contributed by atoms with E-state index in [2.05, 4.69) is 21.4 Å². The number of hydrogen-bond acceptors (Lipinski definition) is 4. The van der Waals surface area contributed by atoms with Gasteiger partial charge in [0, 0.05) is 24.7 Å². The van der Waals surface area contributed by atoms with Crippen LogP contribution in [0.1, 0.15) is 35.4 Å². The van der Waals surface area contributed by atoms with Gasteiger partial charge >= 0.3 is 0 Å². The van der Waals surface area contributed by atoms with Crippen molar-refractivity contribution in [3.63, 3.8) is 0 Å². The quantitative estimate of drug-likeness (QED) is 0.573. The number of carbonyl (C=O) groups is 1. The summed E-state index contributed by atoms with van der Waals surface area (Å²) >= 11 is 0. The van der Waals surface area contributed by atoms with E-state index >= 15 is 0 Å². The molecule has 30 heavy (non-hydrogen) atoms. The number of hydrogen-bond donors (Lipinski definition) is 1. The Morgan fingerprint density at radius 3 is 3.00 bits per heavy atom. The third-order valence-corrected chi connectivity index (χ3v) is 5.31. The van der Waals surface area contributed by atoms with E-state index in [1.165, 1.54) is 0 Å². The minimum absolute atomic E-state index is 0.106. The highest BCUT2D eigenvalue weighted by Crippen LogP contribution is 2.30. The van der Waals surface area contributed by atoms with Gasteiger partial charge in [-0.3, -0.25) is 9.78 Å². The van der Waals surface area contributed by atoms with Crippen molar-refractivity contribution in [2.75, 3.05) is 13.2 Å². The summed E-state index contributed by atoms with van der Waals surface area (Å²) < 4.78 is 13.8. The molecule has 0 spiro atoms. The average molecular weight is 405 g/mol. The van der Waals surface area contributed by atoms with Crippen LogP contribution in [-0.4, -0.2) is 34.8 Å². The molecule has 1 N–H and O–H groups in total. The zero-order valence-electron chi connectivity index (χ0n) is 17.0. The van der Waals surface area contributed by atoms with Crippen LogP contribution in [0, 0.1) is 0 Å². The summed E-state index contributed by atoms with van der Waals surface area (Å²) in [6, 6.07) is 13.5. The fraction of sp³-hybridized carbons (Fsp3) is 0.333. The van der Waals surface area contributed by atoms with Crippen molar-refractivity contribution in [1.29, 1.82) is 0 Å². The molecule has 3 heterocycles. The number of fused-ring (bicyclic) bond motifs is 1. The average Bonchev–Trinajstić information content (AvgIpc) is 3.16. The van der Waals surface area contributed by atoms with Crippen LogP contribution < -0.4 is 10.1 Å². The van der Waals surface area contributed by atoms with E-state index in [4.69, 9.17) is 9.47 Å². The van der Waals surface area contributed by atoms with Crippen molar-refractivity contribution in [2.45, 2.75) is 38.5 Å². The van der Waals surface area contributed by atoms with Crippen LogP contribution in [0.25, 0.3) is 10.9 Å². The molecule has 1 saturated heterocycles. The summed E-state index contributed by atoms with van der Waals surface area (Å²) in [5, 5.41) is 3.91. The maximum atomic E-state index is 13.1. The molecule has 6 heteroatoms. The van der Waals surface area contributed by atoms with Crippen LogP contribution in [0.4, 0.5) is 0 Å². The normalized spacial score (nSPS) is 16.3.